The molecule has 0 bridgehead atoms. The Hall–Kier alpha value is -3.30. The third-order valence-corrected chi connectivity index (χ3v) is 7.38. The van der Waals surface area contributed by atoms with Crippen LogP contribution in [0.4, 0.5) is 11.4 Å². The molecule has 36 heavy (non-hydrogen) atoms. The molecule has 4 rings (SSSR count). The second-order valence-electron chi connectivity index (χ2n) is 8.47. The van der Waals surface area contributed by atoms with Crippen LogP contribution in [0.5, 0.6) is 11.5 Å². The number of carbonyl (C=O) groups excluding carboxylic acids is 4. The molecule has 4 atom stereocenters. The topological polar surface area (TPSA) is 111 Å². The van der Waals surface area contributed by atoms with E-state index in [4.69, 9.17) is 37.4 Å². The molecule has 2 aromatic rings. The van der Waals surface area contributed by atoms with Crippen LogP contribution in [0, 0.1) is 11.8 Å². The lowest BCUT2D eigenvalue weighted by molar-refractivity contribution is -0.122. The molecule has 1 aliphatic carbocycles. The van der Waals surface area contributed by atoms with Crippen LogP contribution < -0.4 is 19.7 Å². The van der Waals surface area contributed by atoms with E-state index in [0.717, 1.165) is 4.90 Å². The minimum Gasteiger partial charge on any atom is -0.497 e. The third kappa shape index (κ3) is 5.12. The van der Waals surface area contributed by atoms with Crippen molar-refractivity contribution in [2.75, 3.05) is 31.0 Å². The molecule has 190 valence electrons. The van der Waals surface area contributed by atoms with Crippen LogP contribution in [0.25, 0.3) is 0 Å². The highest BCUT2D eigenvalue weighted by molar-refractivity contribution is 6.31. The van der Waals surface area contributed by atoms with Gasteiger partial charge in [0.05, 0.1) is 53.7 Å². The predicted octanol–water partition coefficient (Wildman–Crippen LogP) is 3.61. The Morgan fingerprint density at radius 2 is 1.56 bits per heavy atom. The number of imide groups is 1. The van der Waals surface area contributed by atoms with Crippen molar-refractivity contribution >= 4 is 58.3 Å². The summed E-state index contributed by atoms with van der Waals surface area (Å²) in [7, 11) is 2.96. The number of amides is 3. The fraction of sp³-hybridized carbons (Fsp3) is 0.360. The van der Waals surface area contributed by atoms with E-state index in [1.165, 1.54) is 38.5 Å². The zero-order valence-electron chi connectivity index (χ0n) is 19.5. The van der Waals surface area contributed by atoms with E-state index in [1.54, 1.807) is 18.2 Å². The minimum atomic E-state index is -0.735. The number of nitrogens with one attached hydrogen (secondary N) is 1. The Balaban J connectivity index is 1.36. The highest BCUT2D eigenvalue weighted by Gasteiger charge is 2.52. The smallest absolute Gasteiger partial charge is 0.338 e. The molecule has 0 spiro atoms. The van der Waals surface area contributed by atoms with Gasteiger partial charge in [0, 0.05) is 6.07 Å². The molecular formula is C25H24Cl2N2O7. The maximum Gasteiger partial charge on any atom is 0.338 e. The van der Waals surface area contributed by atoms with E-state index in [0.29, 0.717) is 35.7 Å². The lowest BCUT2D eigenvalue weighted by Crippen LogP contribution is -2.34. The zero-order chi connectivity index (χ0) is 26.0. The fourth-order valence-corrected chi connectivity index (χ4v) is 4.99. The molecule has 1 saturated carbocycles. The van der Waals surface area contributed by atoms with Crippen LogP contribution in [0.1, 0.15) is 23.2 Å². The molecule has 2 fully saturated rings. The number of fused-ring (bicyclic) bond motifs is 1. The number of methoxy groups -OCH3 is 2. The number of ether oxygens (including phenoxy) is 3. The Bertz CT molecular complexity index is 1160. The number of rotatable bonds is 7. The minimum absolute atomic E-state index is 0.159. The molecule has 11 heteroatoms. The molecular weight excluding hydrogens is 511 g/mol. The molecule has 0 radical (unpaired) electrons. The number of carbonyl (C=O) groups is 4. The van der Waals surface area contributed by atoms with Crippen molar-refractivity contribution in [1.82, 2.24) is 0 Å². The summed E-state index contributed by atoms with van der Waals surface area (Å²) in [5, 5.41) is 1.87. The maximum atomic E-state index is 12.9. The summed E-state index contributed by atoms with van der Waals surface area (Å²) in [5.41, 5.74) is 0.898. The second-order valence-corrected chi connectivity index (χ2v) is 9.59. The van der Waals surface area contributed by atoms with Gasteiger partial charge in [-0.25, -0.2) is 4.79 Å². The van der Waals surface area contributed by atoms with Gasteiger partial charge >= 0.3 is 5.97 Å². The summed E-state index contributed by atoms with van der Waals surface area (Å²) in [6.07, 6.45) is 0.687. The molecule has 1 aliphatic heterocycles. The standard InChI is InChI=1S/C25H24Cl2N2O7/c1-34-15-7-8-20(21(9-15)35-2)28-22(30)12-36-25(33)13-3-5-14(6-4-13)29-23(31)16-10-18(26)19(27)11-17(16)24(29)32/h3-9,16-19H,10-12H2,1-2H3,(H,28,30)/t16-,17-,18-,19+/m1/s1. The summed E-state index contributed by atoms with van der Waals surface area (Å²) in [4.78, 5) is 51.6. The van der Waals surface area contributed by atoms with Crippen molar-refractivity contribution in [3.63, 3.8) is 0 Å². The highest BCUT2D eigenvalue weighted by Crippen LogP contribution is 2.43. The molecule has 1 heterocycles. The molecule has 1 N–H and O–H groups in total. The van der Waals surface area contributed by atoms with Crippen molar-refractivity contribution < 1.29 is 33.4 Å². The lowest BCUT2D eigenvalue weighted by atomic mass is 9.80. The third-order valence-electron chi connectivity index (χ3n) is 6.29. The summed E-state index contributed by atoms with van der Waals surface area (Å²) < 4.78 is 15.4. The number of hydrogen-bond donors (Lipinski definition) is 1. The van der Waals surface area contributed by atoms with E-state index >= 15 is 0 Å². The van der Waals surface area contributed by atoms with Gasteiger partial charge < -0.3 is 19.5 Å². The summed E-state index contributed by atoms with van der Waals surface area (Å²) >= 11 is 12.4. The zero-order valence-corrected chi connectivity index (χ0v) is 21.0. The SMILES string of the molecule is COc1ccc(NC(=O)COC(=O)c2ccc(N3C(=O)[C@@H]4C[C@@H](Cl)[C@@H](Cl)C[C@H]4C3=O)cc2)c(OC)c1. The Morgan fingerprint density at radius 3 is 2.11 bits per heavy atom. The van der Waals surface area contributed by atoms with E-state index in [2.05, 4.69) is 5.32 Å². The van der Waals surface area contributed by atoms with Gasteiger partial charge in [-0.2, -0.15) is 0 Å². The van der Waals surface area contributed by atoms with Crippen LogP contribution >= 0.6 is 23.2 Å². The molecule has 0 unspecified atom stereocenters. The van der Waals surface area contributed by atoms with Crippen molar-refractivity contribution in [2.45, 2.75) is 23.6 Å². The molecule has 0 aromatic heterocycles. The van der Waals surface area contributed by atoms with Crippen LogP contribution in [0.3, 0.4) is 0 Å². The Morgan fingerprint density at radius 1 is 0.944 bits per heavy atom. The number of hydrogen-bond acceptors (Lipinski definition) is 7. The van der Waals surface area contributed by atoms with Gasteiger partial charge in [-0.15, -0.1) is 23.2 Å². The van der Waals surface area contributed by atoms with Crippen LogP contribution in [-0.4, -0.2) is 55.3 Å². The van der Waals surface area contributed by atoms with E-state index in [1.807, 2.05) is 0 Å². The average molecular weight is 535 g/mol. The normalized spacial score (nSPS) is 23.2. The van der Waals surface area contributed by atoms with Gasteiger partial charge in [0.15, 0.2) is 6.61 Å². The van der Waals surface area contributed by atoms with Gasteiger partial charge in [0.25, 0.3) is 5.91 Å². The molecule has 3 amide bonds. The lowest BCUT2D eigenvalue weighted by Gasteiger charge is -2.28. The summed E-state index contributed by atoms with van der Waals surface area (Å²) in [6.45, 7) is -0.526. The second kappa shape index (κ2) is 10.8. The molecule has 1 saturated heterocycles. The first-order valence-electron chi connectivity index (χ1n) is 11.2. The predicted molar refractivity (Wildman–Crippen MR) is 133 cm³/mol. The first kappa shape index (κ1) is 25.8. The summed E-state index contributed by atoms with van der Waals surface area (Å²) in [6, 6.07) is 10.7. The Labute approximate surface area is 217 Å². The first-order valence-corrected chi connectivity index (χ1v) is 12.1. The number of alkyl halides is 2. The van der Waals surface area contributed by atoms with Crippen molar-refractivity contribution in [3.05, 3.63) is 48.0 Å². The molecule has 9 nitrogen and oxygen atoms in total. The quantitative estimate of drug-likeness (QED) is 0.328. The number of halogens is 2. The van der Waals surface area contributed by atoms with Gasteiger partial charge in [0.1, 0.15) is 11.5 Å². The highest BCUT2D eigenvalue weighted by atomic mass is 35.5. The van der Waals surface area contributed by atoms with E-state index < -0.39 is 30.3 Å². The van der Waals surface area contributed by atoms with Gasteiger partial charge in [-0.1, -0.05) is 0 Å². The van der Waals surface area contributed by atoms with Crippen LogP contribution in [0.2, 0.25) is 0 Å². The monoisotopic (exact) mass is 534 g/mol. The van der Waals surface area contributed by atoms with Gasteiger partial charge in [-0.3, -0.25) is 19.3 Å². The van der Waals surface area contributed by atoms with Crippen molar-refractivity contribution in [1.29, 1.82) is 0 Å². The van der Waals surface area contributed by atoms with Gasteiger partial charge in [0.2, 0.25) is 11.8 Å². The maximum absolute atomic E-state index is 12.9. The number of benzene rings is 2. The van der Waals surface area contributed by atoms with Crippen LogP contribution in [0.15, 0.2) is 42.5 Å². The number of esters is 1. The van der Waals surface area contributed by atoms with E-state index in [9.17, 15) is 19.2 Å². The average Bonchev–Trinajstić information content (AvgIpc) is 3.11. The number of nitrogens with zero attached hydrogens (tertiary/aromatic N) is 1. The van der Waals surface area contributed by atoms with Crippen LogP contribution in [-0.2, 0) is 19.1 Å². The Kier molecular flexibility index (Phi) is 7.70. The first-order chi connectivity index (χ1) is 17.2. The van der Waals surface area contributed by atoms with E-state index in [-0.39, 0.29) is 28.1 Å². The summed E-state index contributed by atoms with van der Waals surface area (Å²) in [5.74, 6) is -1.98. The van der Waals surface area contributed by atoms with Crippen molar-refractivity contribution in [2.24, 2.45) is 11.8 Å². The molecule has 2 aliphatic rings. The fourth-order valence-electron chi connectivity index (χ4n) is 4.40. The van der Waals surface area contributed by atoms with Gasteiger partial charge in [-0.05, 0) is 49.2 Å². The largest absolute Gasteiger partial charge is 0.497 e. The molecule has 2 aromatic carbocycles. The van der Waals surface area contributed by atoms with Crippen molar-refractivity contribution in [3.8, 4) is 11.5 Å². The number of anilines is 2.